The van der Waals surface area contributed by atoms with Crippen LogP contribution >= 0.6 is 11.6 Å². The average Bonchev–Trinajstić information content (AvgIpc) is 1.81. The summed E-state index contributed by atoms with van der Waals surface area (Å²) in [6, 6.07) is 0. The molecule has 0 saturated heterocycles. The van der Waals surface area contributed by atoms with Crippen LogP contribution in [0.15, 0.2) is 0 Å². The molecule has 0 radical (unpaired) electrons. The molecule has 4 heteroatoms. The Hall–Kier alpha value is 0.760. The molecule has 2 nitrogen and oxygen atoms in total. The Morgan fingerprint density at radius 3 is 2.56 bits per heavy atom. The topological polar surface area (TPSA) is 26.3 Å². The second-order valence-electron chi connectivity index (χ2n) is 1.36. The van der Waals surface area contributed by atoms with E-state index in [1.165, 1.54) is 0 Å². The van der Waals surface area contributed by atoms with E-state index < -0.39 is 0 Å². The van der Waals surface area contributed by atoms with Crippen molar-refractivity contribution in [2.24, 2.45) is 0 Å². The summed E-state index contributed by atoms with van der Waals surface area (Å²) in [6.07, 6.45) is 1.78. The van der Waals surface area contributed by atoms with Crippen molar-refractivity contribution >= 4 is 47.6 Å². The number of hydrogen-bond acceptors (Lipinski definition) is 2. The molecule has 0 heterocycles. The van der Waals surface area contributed by atoms with Crippen LogP contribution < -0.4 is 0 Å². The van der Waals surface area contributed by atoms with Gasteiger partial charge in [-0.2, -0.15) is 0 Å². The fourth-order valence-corrected chi connectivity index (χ4v) is 0.517. The van der Waals surface area contributed by atoms with Gasteiger partial charge in [-0.3, -0.25) is 4.79 Å². The first-order chi connectivity index (χ1) is 3.91. The molecule has 0 aromatic carbocycles. The van der Waals surface area contributed by atoms with E-state index in [0.717, 1.165) is 12.8 Å². The van der Waals surface area contributed by atoms with Gasteiger partial charge in [0, 0.05) is 5.88 Å². The standard InChI is InChI=1S/C5H9ClO2.Na.H/c6-3-1-2-4-8-5-7;;/h5H,1-4H2;;. The predicted molar refractivity (Wildman–Crippen MR) is 39.1 cm³/mol. The summed E-state index contributed by atoms with van der Waals surface area (Å²) in [6.45, 7) is 0.949. The third kappa shape index (κ3) is 12.1. The molecule has 50 valence electrons. The van der Waals surface area contributed by atoms with Crippen LogP contribution in [0.25, 0.3) is 0 Å². The number of alkyl halides is 1. The molecule has 0 rings (SSSR count). The quantitative estimate of drug-likeness (QED) is 0.254. The summed E-state index contributed by atoms with van der Waals surface area (Å²) in [5, 5.41) is 0. The SMILES string of the molecule is O=COCCCCCl.[NaH]. The third-order valence-electron chi connectivity index (χ3n) is 0.714. The van der Waals surface area contributed by atoms with Gasteiger partial charge < -0.3 is 4.74 Å². The minimum atomic E-state index is 0. The number of halogens is 1. The maximum absolute atomic E-state index is 9.51. The Morgan fingerprint density at radius 1 is 1.44 bits per heavy atom. The maximum atomic E-state index is 9.51. The van der Waals surface area contributed by atoms with E-state index >= 15 is 0 Å². The summed E-state index contributed by atoms with van der Waals surface area (Å²) in [5.41, 5.74) is 0. The second-order valence-corrected chi connectivity index (χ2v) is 1.74. The van der Waals surface area contributed by atoms with Crippen LogP contribution in [-0.2, 0) is 9.53 Å². The predicted octanol–water partition coefficient (Wildman–Crippen LogP) is 0.530. The third-order valence-corrected chi connectivity index (χ3v) is 0.981. The van der Waals surface area contributed by atoms with Crippen molar-refractivity contribution in [3.05, 3.63) is 0 Å². The normalized spacial score (nSPS) is 7.67. The number of carbonyl (C=O) groups excluding carboxylic acids is 1. The van der Waals surface area contributed by atoms with Crippen LogP contribution in [0.1, 0.15) is 12.8 Å². The zero-order valence-corrected chi connectivity index (χ0v) is 5.36. The first-order valence-corrected chi connectivity index (χ1v) is 3.06. The Kier molecular flexibility index (Phi) is 16.0. The molecule has 0 N–H and O–H groups in total. The van der Waals surface area contributed by atoms with Gasteiger partial charge in [-0.1, -0.05) is 0 Å². The van der Waals surface area contributed by atoms with Crippen LogP contribution in [0, 0.1) is 0 Å². The van der Waals surface area contributed by atoms with Gasteiger partial charge in [0.15, 0.2) is 0 Å². The van der Waals surface area contributed by atoms with Crippen molar-refractivity contribution in [3.8, 4) is 0 Å². The van der Waals surface area contributed by atoms with E-state index in [9.17, 15) is 4.79 Å². The molecule has 0 amide bonds. The number of unbranched alkanes of at least 4 members (excludes halogenated alkanes) is 1. The molecule has 0 aromatic heterocycles. The van der Waals surface area contributed by atoms with Crippen LogP contribution in [0.2, 0.25) is 0 Å². The molecule has 0 aromatic rings. The molecule has 9 heavy (non-hydrogen) atoms. The van der Waals surface area contributed by atoms with Crippen molar-refractivity contribution in [2.75, 3.05) is 12.5 Å². The van der Waals surface area contributed by atoms with Crippen molar-refractivity contribution < 1.29 is 9.53 Å². The zero-order chi connectivity index (χ0) is 6.24. The van der Waals surface area contributed by atoms with E-state index in [4.69, 9.17) is 11.6 Å². The Balaban J connectivity index is 0. The molecule has 0 aliphatic rings. The Morgan fingerprint density at radius 2 is 2.11 bits per heavy atom. The fraction of sp³-hybridized carbons (Fsp3) is 0.800. The van der Waals surface area contributed by atoms with Crippen molar-refractivity contribution in [3.63, 3.8) is 0 Å². The second kappa shape index (κ2) is 11.5. The van der Waals surface area contributed by atoms with E-state index in [0.29, 0.717) is 19.0 Å². The molecule has 0 bridgehead atoms. The fourth-order valence-electron chi connectivity index (χ4n) is 0.328. The summed E-state index contributed by atoms with van der Waals surface area (Å²) >= 11 is 5.34. The van der Waals surface area contributed by atoms with Gasteiger partial charge in [0.25, 0.3) is 6.47 Å². The first kappa shape index (κ1) is 12.4. The van der Waals surface area contributed by atoms with Crippen LogP contribution in [0.5, 0.6) is 0 Å². The molecule has 0 aliphatic heterocycles. The van der Waals surface area contributed by atoms with Gasteiger partial charge in [-0.25, -0.2) is 0 Å². The summed E-state index contributed by atoms with van der Waals surface area (Å²) < 4.78 is 4.40. The molecule has 0 unspecified atom stereocenters. The number of carbonyl (C=O) groups is 1. The van der Waals surface area contributed by atoms with Crippen molar-refractivity contribution in [1.82, 2.24) is 0 Å². The molecular weight excluding hydrogens is 150 g/mol. The van der Waals surface area contributed by atoms with Crippen LogP contribution in [0.3, 0.4) is 0 Å². The molecular formula is C5H10ClNaO2. The van der Waals surface area contributed by atoms with E-state index in [-0.39, 0.29) is 29.6 Å². The minimum absolute atomic E-state index is 0. The number of rotatable bonds is 5. The molecule has 0 saturated carbocycles. The van der Waals surface area contributed by atoms with Crippen LogP contribution in [0.4, 0.5) is 0 Å². The van der Waals surface area contributed by atoms with Gasteiger partial charge >= 0.3 is 29.6 Å². The van der Waals surface area contributed by atoms with Gasteiger partial charge in [0.1, 0.15) is 0 Å². The first-order valence-electron chi connectivity index (χ1n) is 2.53. The van der Waals surface area contributed by atoms with E-state index in [1.807, 2.05) is 0 Å². The van der Waals surface area contributed by atoms with Crippen LogP contribution in [-0.4, -0.2) is 48.5 Å². The molecule has 0 spiro atoms. The van der Waals surface area contributed by atoms with Crippen molar-refractivity contribution in [1.29, 1.82) is 0 Å². The Bertz CT molecular complexity index is 60.9. The van der Waals surface area contributed by atoms with Gasteiger partial charge in [-0.05, 0) is 12.8 Å². The summed E-state index contributed by atoms with van der Waals surface area (Å²) in [4.78, 5) is 9.51. The van der Waals surface area contributed by atoms with Gasteiger partial charge in [0.2, 0.25) is 0 Å². The molecule has 0 atom stereocenters. The summed E-state index contributed by atoms with van der Waals surface area (Å²) in [7, 11) is 0. The monoisotopic (exact) mass is 160 g/mol. The van der Waals surface area contributed by atoms with E-state index in [1.54, 1.807) is 0 Å². The average molecular weight is 161 g/mol. The van der Waals surface area contributed by atoms with Gasteiger partial charge in [-0.15, -0.1) is 11.6 Å². The molecule has 0 aliphatic carbocycles. The van der Waals surface area contributed by atoms with Crippen molar-refractivity contribution in [2.45, 2.75) is 12.8 Å². The Labute approximate surface area is 82.2 Å². The summed E-state index contributed by atoms with van der Waals surface area (Å²) in [5.74, 6) is 0.641. The zero-order valence-electron chi connectivity index (χ0n) is 4.60. The van der Waals surface area contributed by atoms with Gasteiger partial charge in [0.05, 0.1) is 6.61 Å². The molecule has 0 fully saturated rings. The number of ether oxygens (including phenoxy) is 1. The number of hydrogen-bond donors (Lipinski definition) is 0. The van der Waals surface area contributed by atoms with E-state index in [2.05, 4.69) is 4.74 Å².